The van der Waals surface area contributed by atoms with Crippen molar-refractivity contribution in [3.63, 3.8) is 0 Å². The average molecular weight is 436 g/mol. The van der Waals surface area contributed by atoms with Crippen molar-refractivity contribution in [3.05, 3.63) is 53.5 Å². The van der Waals surface area contributed by atoms with Gasteiger partial charge in [0.15, 0.2) is 5.60 Å². The number of aryl methyl sites for hydroxylation is 1. The summed E-state index contributed by atoms with van der Waals surface area (Å²) in [6, 6.07) is 8.75. The number of carbonyl (C=O) groups is 1. The van der Waals surface area contributed by atoms with Gasteiger partial charge < -0.3 is 14.8 Å². The van der Waals surface area contributed by atoms with Crippen LogP contribution >= 0.6 is 0 Å². The van der Waals surface area contributed by atoms with Crippen molar-refractivity contribution in [2.45, 2.75) is 51.9 Å². The van der Waals surface area contributed by atoms with E-state index >= 15 is 0 Å². The second kappa shape index (κ2) is 8.18. The molecule has 166 valence electrons. The Morgan fingerprint density at radius 2 is 1.90 bits per heavy atom. The lowest BCUT2D eigenvalue weighted by Crippen LogP contribution is -2.40. The molecule has 3 aromatic rings. The molecule has 1 atom stereocenters. The summed E-state index contributed by atoms with van der Waals surface area (Å²) in [5.74, 6) is -0.0629. The predicted octanol–water partition coefficient (Wildman–Crippen LogP) is 4.38. The number of benzene rings is 1. The van der Waals surface area contributed by atoms with E-state index in [0.29, 0.717) is 24.3 Å². The maximum absolute atomic E-state index is 13.4. The van der Waals surface area contributed by atoms with Gasteiger partial charge in [0, 0.05) is 11.6 Å². The first kappa shape index (κ1) is 22.5. The van der Waals surface area contributed by atoms with E-state index in [0.717, 1.165) is 11.8 Å². The molecule has 0 unspecified atom stereocenters. The Bertz CT molecular complexity index is 1070. The summed E-state index contributed by atoms with van der Waals surface area (Å²) in [6.45, 7) is 5.67. The molecule has 1 aromatic carbocycles. The smallest absolute Gasteiger partial charge is 0.421 e. The number of nitrogens with one attached hydrogen (secondary N) is 1. The summed E-state index contributed by atoms with van der Waals surface area (Å²) in [6.07, 6.45) is -4.26. The number of rotatable bonds is 6. The standard InChI is InChI=1S/C21H23F3N4O3/c1-12(2)28-18(15(11-25-28)20(4,30)21(22,23)24)27-17(29)10-16-13(3)31-19(26-16)14-8-6-5-7-9-14/h5-9,11-12,30H,10H2,1-4H3,(H,27,29)/t20-/m0/s1. The Labute approximate surface area is 176 Å². The average Bonchev–Trinajstić information content (AvgIpc) is 3.26. The van der Waals surface area contributed by atoms with Gasteiger partial charge in [-0.3, -0.25) is 4.79 Å². The van der Waals surface area contributed by atoms with Gasteiger partial charge in [0.25, 0.3) is 0 Å². The number of anilines is 1. The minimum Gasteiger partial charge on any atom is -0.441 e. The number of carbonyl (C=O) groups excluding carboxylic acids is 1. The van der Waals surface area contributed by atoms with E-state index in [1.807, 2.05) is 30.3 Å². The number of aliphatic hydroxyl groups is 1. The zero-order valence-corrected chi connectivity index (χ0v) is 17.5. The van der Waals surface area contributed by atoms with Crippen LogP contribution in [0, 0.1) is 6.92 Å². The summed E-state index contributed by atoms with van der Waals surface area (Å²) >= 11 is 0. The maximum Gasteiger partial charge on any atom is 0.421 e. The SMILES string of the molecule is Cc1oc(-c2ccccc2)nc1CC(=O)Nc1c([C@](C)(O)C(F)(F)F)cnn1C(C)C. The number of nitrogens with zero attached hydrogens (tertiary/aromatic N) is 3. The lowest BCUT2D eigenvalue weighted by Gasteiger charge is -2.27. The van der Waals surface area contributed by atoms with E-state index in [9.17, 15) is 23.1 Å². The highest BCUT2D eigenvalue weighted by Gasteiger charge is 2.53. The van der Waals surface area contributed by atoms with Gasteiger partial charge in [-0.15, -0.1) is 0 Å². The largest absolute Gasteiger partial charge is 0.441 e. The molecule has 0 bridgehead atoms. The first-order valence-corrected chi connectivity index (χ1v) is 9.60. The molecule has 1 amide bonds. The summed E-state index contributed by atoms with van der Waals surface area (Å²) in [5, 5.41) is 16.5. The molecule has 31 heavy (non-hydrogen) atoms. The molecular weight excluding hydrogens is 413 g/mol. The van der Waals surface area contributed by atoms with E-state index in [1.165, 1.54) is 4.68 Å². The zero-order chi connectivity index (χ0) is 23.0. The summed E-state index contributed by atoms with van der Waals surface area (Å²) < 4.78 is 47.0. The number of hydrogen-bond donors (Lipinski definition) is 2. The molecule has 2 heterocycles. The lowest BCUT2D eigenvalue weighted by atomic mass is 9.97. The van der Waals surface area contributed by atoms with Gasteiger partial charge in [0.05, 0.1) is 23.9 Å². The Balaban J connectivity index is 1.88. The Morgan fingerprint density at radius 1 is 1.26 bits per heavy atom. The molecule has 10 heteroatoms. The number of aromatic nitrogens is 3. The van der Waals surface area contributed by atoms with Crippen LogP contribution in [0.15, 0.2) is 40.9 Å². The second-order valence-electron chi connectivity index (χ2n) is 7.63. The van der Waals surface area contributed by atoms with Crippen molar-refractivity contribution in [3.8, 4) is 11.5 Å². The highest BCUT2D eigenvalue weighted by atomic mass is 19.4. The van der Waals surface area contributed by atoms with Crippen LogP contribution in [0.1, 0.15) is 43.8 Å². The van der Waals surface area contributed by atoms with Gasteiger partial charge in [0.1, 0.15) is 11.6 Å². The number of alkyl halides is 3. The predicted molar refractivity (Wildman–Crippen MR) is 107 cm³/mol. The van der Waals surface area contributed by atoms with E-state index in [-0.39, 0.29) is 18.3 Å². The first-order valence-electron chi connectivity index (χ1n) is 9.60. The summed E-state index contributed by atoms with van der Waals surface area (Å²) in [4.78, 5) is 17.0. The fourth-order valence-electron chi connectivity index (χ4n) is 3.01. The molecule has 2 N–H and O–H groups in total. The third kappa shape index (κ3) is 4.48. The van der Waals surface area contributed by atoms with Gasteiger partial charge in [-0.2, -0.15) is 18.3 Å². The molecule has 0 spiro atoms. The van der Waals surface area contributed by atoms with Crippen LogP contribution < -0.4 is 5.32 Å². The highest BCUT2D eigenvalue weighted by Crippen LogP contribution is 2.42. The van der Waals surface area contributed by atoms with Crippen molar-refractivity contribution in [2.75, 3.05) is 5.32 Å². The number of amides is 1. The van der Waals surface area contributed by atoms with Crippen molar-refractivity contribution in [1.82, 2.24) is 14.8 Å². The van der Waals surface area contributed by atoms with E-state index in [2.05, 4.69) is 15.4 Å². The Kier molecular flexibility index (Phi) is 5.95. The fourth-order valence-corrected chi connectivity index (χ4v) is 3.01. The number of hydrogen-bond acceptors (Lipinski definition) is 5. The number of halogens is 3. The minimum atomic E-state index is -4.95. The van der Waals surface area contributed by atoms with Crippen LogP contribution in [0.4, 0.5) is 19.0 Å². The normalized spacial score (nSPS) is 14.0. The van der Waals surface area contributed by atoms with E-state index in [4.69, 9.17) is 4.42 Å². The van der Waals surface area contributed by atoms with Crippen molar-refractivity contribution >= 4 is 11.7 Å². The van der Waals surface area contributed by atoms with Gasteiger partial charge in [-0.05, 0) is 39.8 Å². The molecular formula is C21H23F3N4O3. The molecule has 0 saturated heterocycles. The second-order valence-corrected chi connectivity index (χ2v) is 7.63. The maximum atomic E-state index is 13.4. The topological polar surface area (TPSA) is 93.2 Å². The van der Waals surface area contributed by atoms with Crippen molar-refractivity contribution in [2.24, 2.45) is 0 Å². The Morgan fingerprint density at radius 3 is 2.48 bits per heavy atom. The molecule has 3 rings (SSSR count). The van der Waals surface area contributed by atoms with Crippen LogP contribution in [0.25, 0.3) is 11.5 Å². The van der Waals surface area contributed by atoms with Crippen LogP contribution in [0.3, 0.4) is 0 Å². The minimum absolute atomic E-state index is 0.216. The van der Waals surface area contributed by atoms with E-state index < -0.39 is 23.2 Å². The molecule has 2 aromatic heterocycles. The van der Waals surface area contributed by atoms with Gasteiger partial charge in [-0.1, -0.05) is 18.2 Å². The molecule has 0 radical (unpaired) electrons. The highest BCUT2D eigenvalue weighted by molar-refractivity contribution is 5.92. The van der Waals surface area contributed by atoms with Crippen LogP contribution in [0.2, 0.25) is 0 Å². The molecule has 0 fully saturated rings. The Hall–Kier alpha value is -3.14. The van der Waals surface area contributed by atoms with Crippen LogP contribution in [-0.4, -0.2) is 32.0 Å². The van der Waals surface area contributed by atoms with Gasteiger partial charge in [0.2, 0.25) is 11.8 Å². The van der Waals surface area contributed by atoms with Gasteiger partial charge in [-0.25, -0.2) is 9.67 Å². The first-order chi connectivity index (χ1) is 14.4. The third-order valence-corrected chi connectivity index (χ3v) is 4.86. The van der Waals surface area contributed by atoms with Gasteiger partial charge >= 0.3 is 6.18 Å². The summed E-state index contributed by atoms with van der Waals surface area (Å²) in [7, 11) is 0. The lowest BCUT2D eigenvalue weighted by molar-refractivity contribution is -0.258. The third-order valence-electron chi connectivity index (χ3n) is 4.86. The number of oxazole rings is 1. The molecule has 0 aliphatic heterocycles. The molecule has 0 aliphatic carbocycles. The zero-order valence-electron chi connectivity index (χ0n) is 17.5. The summed E-state index contributed by atoms with van der Waals surface area (Å²) in [5.41, 5.74) is -2.63. The molecule has 7 nitrogen and oxygen atoms in total. The molecule has 0 aliphatic rings. The monoisotopic (exact) mass is 436 g/mol. The fraction of sp³-hybridized carbons (Fsp3) is 0.381. The van der Waals surface area contributed by atoms with Crippen LogP contribution in [0.5, 0.6) is 0 Å². The van der Waals surface area contributed by atoms with E-state index in [1.54, 1.807) is 20.8 Å². The molecule has 0 saturated carbocycles. The van der Waals surface area contributed by atoms with Crippen LogP contribution in [-0.2, 0) is 16.8 Å². The van der Waals surface area contributed by atoms with Crippen molar-refractivity contribution in [1.29, 1.82) is 0 Å². The quantitative estimate of drug-likeness (QED) is 0.598. The van der Waals surface area contributed by atoms with Crippen molar-refractivity contribution < 1.29 is 27.5 Å².